The first-order chi connectivity index (χ1) is 9.51. The van der Waals surface area contributed by atoms with Crippen LogP contribution in [0.15, 0.2) is 29.1 Å². The number of hydrogen-bond acceptors (Lipinski definition) is 1. The maximum atomic E-state index is 12.5. The van der Waals surface area contributed by atoms with E-state index in [1.807, 2.05) is 4.68 Å². The number of benzene rings is 1. The summed E-state index contributed by atoms with van der Waals surface area (Å²) in [5.41, 5.74) is 3.78. The Balaban J connectivity index is 2.83. The monoisotopic (exact) mass is 286 g/mol. The minimum absolute atomic E-state index is 0.00741. The molecule has 0 amide bonds. The lowest BCUT2D eigenvalue weighted by Crippen LogP contribution is -2.25. The molecule has 0 saturated heterocycles. The highest BCUT2D eigenvalue weighted by Crippen LogP contribution is 2.33. The molecule has 0 saturated carbocycles. The Labute approximate surface area is 127 Å². The van der Waals surface area contributed by atoms with Crippen LogP contribution in [0.25, 0.3) is 11.3 Å². The predicted molar refractivity (Wildman–Crippen MR) is 88.9 cm³/mol. The second-order valence-corrected chi connectivity index (χ2v) is 7.79. The number of aromatic nitrogens is 2. The molecule has 114 valence electrons. The number of nitrogens with one attached hydrogen (secondary N) is 1. The minimum atomic E-state index is -0.204. The second-order valence-electron chi connectivity index (χ2n) is 7.79. The molecular formula is C18H26N2O. The Morgan fingerprint density at radius 1 is 0.952 bits per heavy atom. The van der Waals surface area contributed by atoms with Crippen molar-refractivity contribution in [1.82, 2.24) is 9.78 Å². The van der Waals surface area contributed by atoms with Gasteiger partial charge in [0.05, 0.1) is 11.2 Å². The summed E-state index contributed by atoms with van der Waals surface area (Å²) >= 11 is 0. The summed E-state index contributed by atoms with van der Waals surface area (Å²) in [4.78, 5) is 12.5. The molecular weight excluding hydrogens is 260 g/mol. The highest BCUT2D eigenvalue weighted by Gasteiger charge is 2.30. The van der Waals surface area contributed by atoms with Crippen molar-refractivity contribution in [2.75, 3.05) is 0 Å². The second kappa shape index (κ2) is 4.90. The average Bonchev–Trinajstić information content (AvgIpc) is 2.67. The van der Waals surface area contributed by atoms with Crippen LogP contribution < -0.4 is 5.56 Å². The molecule has 2 aromatic rings. The molecule has 0 spiro atoms. The van der Waals surface area contributed by atoms with Gasteiger partial charge in [-0.05, 0) is 33.1 Å². The topological polar surface area (TPSA) is 37.8 Å². The van der Waals surface area contributed by atoms with Crippen molar-refractivity contribution in [2.24, 2.45) is 0 Å². The zero-order chi connectivity index (χ0) is 16.0. The molecule has 1 heterocycles. The third-order valence-electron chi connectivity index (χ3n) is 3.65. The van der Waals surface area contributed by atoms with Crippen molar-refractivity contribution in [3.05, 3.63) is 45.7 Å². The molecule has 0 aliphatic rings. The summed E-state index contributed by atoms with van der Waals surface area (Å²) in [5.74, 6) is 0. The molecule has 0 unspecified atom stereocenters. The maximum absolute atomic E-state index is 12.5. The number of aryl methyl sites for hydroxylation is 1. The van der Waals surface area contributed by atoms with Gasteiger partial charge in [-0.3, -0.25) is 14.6 Å². The normalized spacial score (nSPS) is 12.7. The van der Waals surface area contributed by atoms with E-state index in [-0.39, 0.29) is 16.5 Å². The van der Waals surface area contributed by atoms with E-state index in [0.717, 1.165) is 16.8 Å². The SMILES string of the molecule is Cc1ccc(-c2c(C(C)(C)C)c(=O)[nH]n2C(C)(C)C)cc1. The molecule has 1 aromatic carbocycles. The Bertz CT molecular complexity index is 689. The molecule has 0 radical (unpaired) electrons. The molecule has 21 heavy (non-hydrogen) atoms. The van der Waals surface area contributed by atoms with Gasteiger partial charge in [-0.2, -0.15) is 0 Å². The van der Waals surface area contributed by atoms with Crippen LogP contribution in [-0.2, 0) is 11.0 Å². The Kier molecular flexibility index (Phi) is 3.64. The first kappa shape index (κ1) is 15.6. The highest BCUT2D eigenvalue weighted by atomic mass is 16.1. The van der Waals surface area contributed by atoms with E-state index in [1.165, 1.54) is 5.56 Å². The molecule has 1 aromatic heterocycles. The van der Waals surface area contributed by atoms with Crippen molar-refractivity contribution in [3.63, 3.8) is 0 Å². The predicted octanol–water partition coefficient (Wildman–Crippen LogP) is 4.20. The van der Waals surface area contributed by atoms with Crippen molar-refractivity contribution in [3.8, 4) is 11.3 Å². The van der Waals surface area contributed by atoms with Gasteiger partial charge in [0.25, 0.3) is 5.56 Å². The van der Waals surface area contributed by atoms with Gasteiger partial charge in [-0.1, -0.05) is 50.6 Å². The van der Waals surface area contributed by atoms with Crippen LogP contribution in [0.2, 0.25) is 0 Å². The fourth-order valence-electron chi connectivity index (χ4n) is 2.62. The number of aromatic amines is 1. The number of hydrogen-bond donors (Lipinski definition) is 1. The van der Waals surface area contributed by atoms with Crippen molar-refractivity contribution < 1.29 is 0 Å². The largest absolute Gasteiger partial charge is 0.279 e. The smallest absolute Gasteiger partial charge is 0.268 e. The van der Waals surface area contributed by atoms with Crippen LogP contribution in [0, 0.1) is 6.92 Å². The number of nitrogens with zero attached hydrogens (tertiary/aromatic N) is 1. The van der Waals surface area contributed by atoms with Crippen molar-refractivity contribution in [1.29, 1.82) is 0 Å². The lowest BCUT2D eigenvalue weighted by Gasteiger charge is -2.26. The molecule has 0 fully saturated rings. The lowest BCUT2D eigenvalue weighted by atomic mass is 9.85. The molecule has 1 N–H and O–H groups in total. The van der Waals surface area contributed by atoms with Crippen molar-refractivity contribution >= 4 is 0 Å². The molecule has 2 rings (SSSR count). The van der Waals surface area contributed by atoms with Crippen LogP contribution in [0.1, 0.15) is 52.7 Å². The van der Waals surface area contributed by atoms with Gasteiger partial charge >= 0.3 is 0 Å². The van der Waals surface area contributed by atoms with Crippen molar-refractivity contribution in [2.45, 2.75) is 59.4 Å². The van der Waals surface area contributed by atoms with E-state index in [4.69, 9.17) is 0 Å². The average molecular weight is 286 g/mol. The van der Waals surface area contributed by atoms with E-state index in [1.54, 1.807) is 0 Å². The van der Waals surface area contributed by atoms with E-state index in [2.05, 4.69) is 77.8 Å². The summed E-state index contributed by atoms with van der Waals surface area (Å²) in [6.07, 6.45) is 0. The fraction of sp³-hybridized carbons (Fsp3) is 0.500. The summed E-state index contributed by atoms with van der Waals surface area (Å²) in [7, 11) is 0. The third-order valence-corrected chi connectivity index (χ3v) is 3.65. The van der Waals surface area contributed by atoms with Gasteiger partial charge in [0.1, 0.15) is 0 Å². The molecule has 3 heteroatoms. The molecule has 0 aliphatic carbocycles. The first-order valence-corrected chi connectivity index (χ1v) is 7.45. The third kappa shape index (κ3) is 2.97. The summed E-state index contributed by atoms with van der Waals surface area (Å²) in [6, 6.07) is 8.36. The van der Waals surface area contributed by atoms with Crippen LogP contribution in [0.5, 0.6) is 0 Å². The van der Waals surface area contributed by atoms with E-state index >= 15 is 0 Å². The van der Waals surface area contributed by atoms with Gasteiger partial charge < -0.3 is 0 Å². The Morgan fingerprint density at radius 2 is 1.48 bits per heavy atom. The first-order valence-electron chi connectivity index (χ1n) is 7.45. The van der Waals surface area contributed by atoms with Crippen LogP contribution in [0.4, 0.5) is 0 Å². The van der Waals surface area contributed by atoms with E-state index in [9.17, 15) is 4.79 Å². The Morgan fingerprint density at radius 3 is 1.90 bits per heavy atom. The van der Waals surface area contributed by atoms with Crippen LogP contribution in [-0.4, -0.2) is 9.78 Å². The van der Waals surface area contributed by atoms with Gasteiger partial charge in [0, 0.05) is 11.1 Å². The quantitative estimate of drug-likeness (QED) is 0.838. The van der Waals surface area contributed by atoms with E-state index in [0.29, 0.717) is 0 Å². The number of rotatable bonds is 1. The standard InChI is InChI=1S/C18H26N2O/c1-12-8-10-13(11-9-12)15-14(17(2,3)4)16(21)19-20(15)18(5,6)7/h8-11H,1-7H3,(H,19,21). The van der Waals surface area contributed by atoms with Crippen LogP contribution >= 0.6 is 0 Å². The zero-order valence-electron chi connectivity index (χ0n) is 14.2. The molecule has 0 aliphatic heterocycles. The number of H-pyrrole nitrogens is 1. The molecule has 3 nitrogen and oxygen atoms in total. The summed E-state index contributed by atoms with van der Waals surface area (Å²) < 4.78 is 2.00. The van der Waals surface area contributed by atoms with Crippen LogP contribution in [0.3, 0.4) is 0 Å². The summed E-state index contributed by atoms with van der Waals surface area (Å²) in [6.45, 7) is 14.6. The Hall–Kier alpha value is -1.77. The summed E-state index contributed by atoms with van der Waals surface area (Å²) in [5, 5.41) is 3.03. The van der Waals surface area contributed by atoms with Gasteiger partial charge in [-0.15, -0.1) is 0 Å². The zero-order valence-corrected chi connectivity index (χ0v) is 14.2. The van der Waals surface area contributed by atoms with Gasteiger partial charge in [-0.25, -0.2) is 0 Å². The fourth-order valence-corrected chi connectivity index (χ4v) is 2.62. The lowest BCUT2D eigenvalue weighted by molar-refractivity contribution is 0.357. The van der Waals surface area contributed by atoms with Gasteiger partial charge in [0.2, 0.25) is 0 Å². The highest BCUT2D eigenvalue weighted by molar-refractivity contribution is 5.65. The maximum Gasteiger partial charge on any atom is 0.268 e. The molecule has 0 atom stereocenters. The minimum Gasteiger partial charge on any atom is -0.279 e. The van der Waals surface area contributed by atoms with Gasteiger partial charge in [0.15, 0.2) is 0 Å². The van der Waals surface area contributed by atoms with E-state index < -0.39 is 0 Å². The molecule has 0 bridgehead atoms.